The number of nitrogens with zero attached hydrogens (tertiary/aromatic N) is 3. The predicted octanol–water partition coefficient (Wildman–Crippen LogP) is 4.41. The van der Waals surface area contributed by atoms with Crippen LogP contribution in [-0.4, -0.2) is 33.6 Å². The van der Waals surface area contributed by atoms with E-state index in [-0.39, 0.29) is 22.8 Å². The molecule has 9 nitrogen and oxygen atoms in total. The lowest BCUT2D eigenvalue weighted by Crippen LogP contribution is -2.13. The maximum atomic E-state index is 12.5. The van der Waals surface area contributed by atoms with Crippen LogP contribution in [0.3, 0.4) is 0 Å². The molecule has 2 aromatic heterocycles. The fourth-order valence-electron chi connectivity index (χ4n) is 2.40. The number of hydrogen-bond donors (Lipinski definition) is 1. The molecule has 32 heavy (non-hydrogen) atoms. The number of thioether (sulfide) groups is 1. The number of carbonyl (C=O) groups is 2. The second kappa shape index (κ2) is 10.6. The summed E-state index contributed by atoms with van der Waals surface area (Å²) in [5.74, 6) is -0.835. The number of rotatable bonds is 8. The van der Waals surface area contributed by atoms with Gasteiger partial charge in [0.2, 0.25) is 16.0 Å². The molecular weight excluding hydrogens is 452 g/mol. The predicted molar refractivity (Wildman–Crippen MR) is 120 cm³/mol. The molecule has 11 heteroatoms. The average Bonchev–Trinajstić information content (AvgIpc) is 3.44. The van der Waals surface area contributed by atoms with E-state index in [2.05, 4.69) is 14.7 Å². The van der Waals surface area contributed by atoms with Crippen molar-refractivity contribution in [1.29, 1.82) is 5.26 Å². The molecule has 164 valence electrons. The number of amides is 1. The van der Waals surface area contributed by atoms with E-state index in [0.717, 1.165) is 11.5 Å². The van der Waals surface area contributed by atoms with E-state index in [1.165, 1.54) is 49.4 Å². The molecule has 3 rings (SSSR count). The Kier molecular flexibility index (Phi) is 7.64. The van der Waals surface area contributed by atoms with Crippen LogP contribution in [0.2, 0.25) is 0 Å². The van der Waals surface area contributed by atoms with Crippen molar-refractivity contribution in [1.82, 2.24) is 9.36 Å². The Morgan fingerprint density at radius 1 is 1.31 bits per heavy atom. The highest BCUT2D eigenvalue weighted by Crippen LogP contribution is 2.30. The van der Waals surface area contributed by atoms with Gasteiger partial charge >= 0.3 is 5.97 Å². The van der Waals surface area contributed by atoms with Crippen LogP contribution in [0.15, 0.2) is 51.7 Å². The summed E-state index contributed by atoms with van der Waals surface area (Å²) in [6.07, 6.45) is 2.75. The van der Waals surface area contributed by atoms with Crippen molar-refractivity contribution in [2.24, 2.45) is 0 Å². The van der Waals surface area contributed by atoms with Gasteiger partial charge < -0.3 is 13.9 Å². The van der Waals surface area contributed by atoms with Gasteiger partial charge in [0.05, 0.1) is 13.4 Å². The van der Waals surface area contributed by atoms with Gasteiger partial charge in [0.15, 0.2) is 11.5 Å². The third-order valence-corrected chi connectivity index (χ3v) is 5.37. The summed E-state index contributed by atoms with van der Waals surface area (Å²) in [5, 5.41) is 13.2. The second-order valence-electron chi connectivity index (χ2n) is 6.45. The Labute approximate surface area is 192 Å². The van der Waals surface area contributed by atoms with Gasteiger partial charge in [0, 0.05) is 16.8 Å². The fraction of sp³-hybridized carbons (Fsp3) is 0.190. The van der Waals surface area contributed by atoms with Gasteiger partial charge in [-0.05, 0) is 35.9 Å². The van der Waals surface area contributed by atoms with Gasteiger partial charge in [-0.2, -0.15) is 14.6 Å². The Hall–Kier alpha value is -3.62. The number of methoxy groups -OCH3 is 1. The first-order valence-corrected chi connectivity index (χ1v) is 10.9. The highest BCUT2D eigenvalue weighted by molar-refractivity contribution is 7.99. The number of nitriles is 1. The van der Waals surface area contributed by atoms with Crippen LogP contribution in [0.1, 0.15) is 30.0 Å². The lowest BCUT2D eigenvalue weighted by Gasteiger charge is -2.09. The van der Waals surface area contributed by atoms with E-state index in [1.54, 1.807) is 12.1 Å². The third kappa shape index (κ3) is 5.96. The molecule has 1 amide bonds. The van der Waals surface area contributed by atoms with Crippen LogP contribution >= 0.6 is 23.3 Å². The van der Waals surface area contributed by atoms with E-state index in [4.69, 9.17) is 13.9 Å². The molecular formula is C21H18N4O5S2. The highest BCUT2D eigenvalue weighted by atomic mass is 32.2. The number of benzene rings is 1. The molecule has 0 atom stereocenters. The van der Waals surface area contributed by atoms with Gasteiger partial charge in [0.1, 0.15) is 11.6 Å². The van der Waals surface area contributed by atoms with E-state index < -0.39 is 11.9 Å². The number of nitrogens with one attached hydrogen (secondary N) is 1. The van der Waals surface area contributed by atoms with Crippen LogP contribution < -0.4 is 14.8 Å². The largest absolute Gasteiger partial charge is 0.493 e. The maximum absolute atomic E-state index is 12.5. The molecule has 0 radical (unpaired) electrons. The molecule has 0 bridgehead atoms. The minimum atomic E-state index is -0.680. The highest BCUT2D eigenvalue weighted by Gasteiger charge is 2.17. The van der Waals surface area contributed by atoms with Crippen molar-refractivity contribution < 1.29 is 23.5 Å². The normalized spacial score (nSPS) is 11.2. The summed E-state index contributed by atoms with van der Waals surface area (Å²) >= 11 is 2.51. The van der Waals surface area contributed by atoms with Crippen LogP contribution in [-0.2, 0) is 4.79 Å². The molecule has 0 aliphatic rings. The Morgan fingerprint density at radius 3 is 2.78 bits per heavy atom. The molecule has 0 fully saturated rings. The van der Waals surface area contributed by atoms with Crippen LogP contribution in [0.25, 0.3) is 6.08 Å². The molecule has 0 unspecified atom stereocenters. The minimum absolute atomic E-state index is 0.0473. The second-order valence-corrected chi connectivity index (χ2v) is 8.75. The third-order valence-electron chi connectivity index (χ3n) is 3.76. The van der Waals surface area contributed by atoms with Gasteiger partial charge in [-0.15, -0.1) is 0 Å². The number of furan rings is 1. The summed E-state index contributed by atoms with van der Waals surface area (Å²) in [6.45, 7) is 4.02. The number of ether oxygens (including phenoxy) is 2. The first-order valence-electron chi connectivity index (χ1n) is 9.27. The van der Waals surface area contributed by atoms with Crippen LogP contribution in [0, 0.1) is 11.3 Å². The van der Waals surface area contributed by atoms with Gasteiger partial charge in [-0.1, -0.05) is 31.7 Å². The van der Waals surface area contributed by atoms with E-state index in [0.29, 0.717) is 21.1 Å². The Bertz CT molecular complexity index is 1180. The first kappa shape index (κ1) is 23.1. The average molecular weight is 471 g/mol. The molecule has 0 spiro atoms. The number of anilines is 1. The molecule has 1 aromatic carbocycles. The zero-order chi connectivity index (χ0) is 23.1. The fourth-order valence-corrected chi connectivity index (χ4v) is 3.78. The molecule has 0 aliphatic carbocycles. The quantitative estimate of drug-likeness (QED) is 0.167. The summed E-state index contributed by atoms with van der Waals surface area (Å²) in [4.78, 5) is 28.8. The van der Waals surface area contributed by atoms with Crippen molar-refractivity contribution in [3.8, 4) is 17.6 Å². The monoisotopic (exact) mass is 470 g/mol. The van der Waals surface area contributed by atoms with Crippen molar-refractivity contribution in [3.63, 3.8) is 0 Å². The minimum Gasteiger partial charge on any atom is -0.493 e. The van der Waals surface area contributed by atoms with E-state index in [9.17, 15) is 14.9 Å². The molecule has 0 saturated heterocycles. The van der Waals surface area contributed by atoms with Crippen molar-refractivity contribution >= 4 is 46.4 Å². The smallest absolute Gasteiger partial charge is 0.379 e. The Balaban J connectivity index is 1.74. The van der Waals surface area contributed by atoms with Crippen LogP contribution in [0.4, 0.5) is 5.13 Å². The topological polar surface area (TPSA) is 127 Å². The van der Waals surface area contributed by atoms with E-state index in [1.807, 2.05) is 19.9 Å². The summed E-state index contributed by atoms with van der Waals surface area (Å²) in [7, 11) is 1.41. The standard InChI is InChI=1S/C21H18N4O5S2/c1-12(2)31-21-24-20(32-25-21)23-18(26)14(11-22)9-13-6-7-15(17(10-13)28-3)30-19(27)16-5-4-8-29-16/h4-10,12H,1-3H3,(H,23,24,25,26). The maximum Gasteiger partial charge on any atom is 0.379 e. The molecule has 0 saturated carbocycles. The van der Waals surface area contributed by atoms with Gasteiger partial charge in [0.25, 0.3) is 5.91 Å². The number of carbonyl (C=O) groups excluding carboxylic acids is 2. The van der Waals surface area contributed by atoms with Gasteiger partial charge in [-0.3, -0.25) is 10.1 Å². The lowest BCUT2D eigenvalue weighted by atomic mass is 10.1. The van der Waals surface area contributed by atoms with Crippen LogP contribution in [0.5, 0.6) is 11.5 Å². The van der Waals surface area contributed by atoms with E-state index >= 15 is 0 Å². The molecule has 1 N–H and O–H groups in total. The molecule has 3 aromatic rings. The molecule has 2 heterocycles. The number of hydrogen-bond acceptors (Lipinski definition) is 10. The zero-order valence-corrected chi connectivity index (χ0v) is 19.0. The van der Waals surface area contributed by atoms with Crippen molar-refractivity contribution in [3.05, 3.63) is 53.5 Å². The Morgan fingerprint density at radius 2 is 2.12 bits per heavy atom. The number of aromatic nitrogens is 2. The summed E-state index contributed by atoms with van der Waals surface area (Å²) < 4.78 is 19.7. The SMILES string of the molecule is COc1cc(C=C(C#N)C(=O)Nc2nc(SC(C)C)ns2)ccc1OC(=O)c1ccco1. The molecule has 0 aliphatic heterocycles. The van der Waals surface area contributed by atoms with Gasteiger partial charge in [-0.25, -0.2) is 4.79 Å². The lowest BCUT2D eigenvalue weighted by molar-refractivity contribution is -0.112. The first-order chi connectivity index (χ1) is 15.4. The summed E-state index contributed by atoms with van der Waals surface area (Å²) in [5.41, 5.74) is 0.361. The van der Waals surface area contributed by atoms with Crippen molar-refractivity contribution in [2.45, 2.75) is 24.3 Å². The zero-order valence-electron chi connectivity index (χ0n) is 17.3. The number of esters is 1. The summed E-state index contributed by atoms with van der Waals surface area (Å²) in [6, 6.07) is 9.55. The van der Waals surface area contributed by atoms with Crippen molar-refractivity contribution in [2.75, 3.05) is 12.4 Å².